The van der Waals surface area contributed by atoms with Crippen LogP contribution in [0.3, 0.4) is 0 Å². The van der Waals surface area contributed by atoms with E-state index in [0.29, 0.717) is 13.0 Å². The van der Waals surface area contributed by atoms with Crippen LogP contribution in [0.5, 0.6) is 5.75 Å². The average molecular weight is 348 g/mol. The van der Waals surface area contributed by atoms with Crippen molar-refractivity contribution < 1.29 is 9.84 Å². The molecular formula is C22H24N2O2. The van der Waals surface area contributed by atoms with Crippen molar-refractivity contribution in [1.82, 2.24) is 9.55 Å². The van der Waals surface area contributed by atoms with E-state index in [2.05, 4.69) is 40.7 Å². The van der Waals surface area contributed by atoms with E-state index in [9.17, 15) is 5.11 Å². The zero-order valence-electron chi connectivity index (χ0n) is 15.1. The second-order valence-electron chi connectivity index (χ2n) is 7.68. The van der Waals surface area contributed by atoms with Crippen LogP contribution in [0.2, 0.25) is 0 Å². The van der Waals surface area contributed by atoms with Gasteiger partial charge in [-0.15, -0.1) is 0 Å². The van der Waals surface area contributed by atoms with Gasteiger partial charge in [-0.3, -0.25) is 0 Å². The standard InChI is InChI=1S/C22H24N2O2/c1-14(15-6-7-22-18(8-15)9-19(25)12-26-22)24-13-23-20-10-16-4-2-3-5-17(16)11-21(20)24/h6-8,10-11,13-14,19,25H,2-5,9,12H2,1H3/t14-,19?/m1/s1. The van der Waals surface area contributed by atoms with E-state index < -0.39 is 6.10 Å². The van der Waals surface area contributed by atoms with E-state index in [1.807, 2.05) is 12.4 Å². The largest absolute Gasteiger partial charge is 0.491 e. The van der Waals surface area contributed by atoms with Gasteiger partial charge in [0.25, 0.3) is 0 Å². The number of fused-ring (bicyclic) bond motifs is 3. The van der Waals surface area contributed by atoms with Gasteiger partial charge in [0, 0.05) is 6.42 Å². The van der Waals surface area contributed by atoms with E-state index in [4.69, 9.17) is 4.74 Å². The minimum atomic E-state index is -0.409. The Balaban J connectivity index is 1.54. The summed E-state index contributed by atoms with van der Waals surface area (Å²) in [4.78, 5) is 4.67. The second kappa shape index (κ2) is 6.13. The quantitative estimate of drug-likeness (QED) is 0.766. The van der Waals surface area contributed by atoms with Crippen molar-refractivity contribution >= 4 is 11.0 Å². The van der Waals surface area contributed by atoms with E-state index in [0.717, 1.165) is 16.8 Å². The highest BCUT2D eigenvalue weighted by Crippen LogP contribution is 2.32. The number of ether oxygens (including phenoxy) is 1. The van der Waals surface area contributed by atoms with Gasteiger partial charge in [-0.2, -0.15) is 0 Å². The molecule has 5 rings (SSSR count). The van der Waals surface area contributed by atoms with Crippen LogP contribution in [-0.2, 0) is 19.3 Å². The molecule has 2 heterocycles. The number of benzene rings is 2. The van der Waals surface area contributed by atoms with Gasteiger partial charge in [-0.05, 0) is 79.1 Å². The van der Waals surface area contributed by atoms with Crippen molar-refractivity contribution in [3.8, 4) is 5.75 Å². The predicted molar refractivity (Wildman–Crippen MR) is 102 cm³/mol. The summed E-state index contributed by atoms with van der Waals surface area (Å²) in [6.07, 6.45) is 7.15. The first kappa shape index (κ1) is 15.9. The van der Waals surface area contributed by atoms with Gasteiger partial charge >= 0.3 is 0 Å². The lowest BCUT2D eigenvalue weighted by atomic mass is 9.91. The molecule has 0 amide bonds. The smallest absolute Gasteiger partial charge is 0.122 e. The normalized spacial score (nSPS) is 20.3. The van der Waals surface area contributed by atoms with E-state index in [1.165, 1.54) is 47.9 Å². The molecule has 134 valence electrons. The van der Waals surface area contributed by atoms with Crippen LogP contribution in [-0.4, -0.2) is 27.4 Å². The summed E-state index contributed by atoms with van der Waals surface area (Å²) in [7, 11) is 0. The predicted octanol–water partition coefficient (Wildman–Crippen LogP) is 3.82. The maximum Gasteiger partial charge on any atom is 0.122 e. The molecule has 2 aromatic carbocycles. The number of hydrogen-bond donors (Lipinski definition) is 1. The van der Waals surface area contributed by atoms with Crippen LogP contribution in [0.25, 0.3) is 11.0 Å². The van der Waals surface area contributed by atoms with E-state index >= 15 is 0 Å². The summed E-state index contributed by atoms with van der Waals surface area (Å²) < 4.78 is 7.89. The molecular weight excluding hydrogens is 324 g/mol. The summed E-state index contributed by atoms with van der Waals surface area (Å²) in [6.45, 7) is 2.60. The minimum Gasteiger partial charge on any atom is -0.491 e. The van der Waals surface area contributed by atoms with Crippen LogP contribution >= 0.6 is 0 Å². The molecule has 0 fully saturated rings. The molecule has 1 N–H and O–H groups in total. The number of aryl methyl sites for hydroxylation is 2. The fraction of sp³-hybridized carbons (Fsp3) is 0.409. The summed E-state index contributed by atoms with van der Waals surface area (Å²) in [6, 6.07) is 11.2. The summed E-state index contributed by atoms with van der Waals surface area (Å²) in [5.41, 5.74) is 7.58. The SMILES string of the molecule is C[C@H](c1ccc2c(c1)CC(O)CO2)n1cnc2cc3c(cc21)CCCC3. The van der Waals surface area contributed by atoms with Gasteiger partial charge in [-0.25, -0.2) is 4.98 Å². The topological polar surface area (TPSA) is 47.3 Å². The third kappa shape index (κ3) is 2.60. The molecule has 0 bridgehead atoms. The Bertz CT molecular complexity index is 976. The zero-order valence-corrected chi connectivity index (χ0v) is 15.1. The highest BCUT2D eigenvalue weighted by atomic mass is 16.5. The molecule has 1 aliphatic carbocycles. The van der Waals surface area contributed by atoms with Gasteiger partial charge in [0.2, 0.25) is 0 Å². The molecule has 0 radical (unpaired) electrons. The Morgan fingerprint density at radius 3 is 2.77 bits per heavy atom. The molecule has 0 saturated carbocycles. The molecule has 4 heteroatoms. The first-order valence-corrected chi connectivity index (χ1v) is 9.61. The molecule has 1 unspecified atom stereocenters. The summed E-state index contributed by atoms with van der Waals surface area (Å²) >= 11 is 0. The number of rotatable bonds is 2. The average Bonchev–Trinajstić information content (AvgIpc) is 3.07. The van der Waals surface area contributed by atoms with Crippen molar-refractivity contribution in [1.29, 1.82) is 0 Å². The van der Waals surface area contributed by atoms with Crippen molar-refractivity contribution in [2.75, 3.05) is 6.61 Å². The fourth-order valence-electron chi connectivity index (χ4n) is 4.38. The van der Waals surface area contributed by atoms with Crippen LogP contribution < -0.4 is 4.74 Å². The zero-order chi connectivity index (χ0) is 17.7. The van der Waals surface area contributed by atoms with Crippen molar-refractivity contribution in [2.24, 2.45) is 0 Å². The third-order valence-corrected chi connectivity index (χ3v) is 5.91. The lowest BCUT2D eigenvalue weighted by Gasteiger charge is -2.24. The van der Waals surface area contributed by atoms with E-state index in [-0.39, 0.29) is 6.04 Å². The second-order valence-corrected chi connectivity index (χ2v) is 7.68. The minimum absolute atomic E-state index is 0.186. The lowest BCUT2D eigenvalue weighted by molar-refractivity contribution is 0.0920. The number of hydrogen-bond acceptors (Lipinski definition) is 3. The molecule has 2 aliphatic rings. The molecule has 1 aliphatic heterocycles. The van der Waals surface area contributed by atoms with Gasteiger partial charge < -0.3 is 14.4 Å². The third-order valence-electron chi connectivity index (χ3n) is 5.91. The van der Waals surface area contributed by atoms with Gasteiger partial charge in [0.15, 0.2) is 0 Å². The summed E-state index contributed by atoms with van der Waals surface area (Å²) in [5.74, 6) is 0.899. The highest BCUT2D eigenvalue weighted by molar-refractivity contribution is 5.78. The van der Waals surface area contributed by atoms with Gasteiger partial charge in [0.1, 0.15) is 12.4 Å². The number of aliphatic hydroxyl groups is 1. The number of aliphatic hydroxyl groups excluding tert-OH is 1. The molecule has 26 heavy (non-hydrogen) atoms. The monoisotopic (exact) mass is 348 g/mol. The Kier molecular flexibility index (Phi) is 3.75. The number of imidazole rings is 1. The van der Waals surface area contributed by atoms with Crippen molar-refractivity contribution in [2.45, 2.75) is 51.2 Å². The van der Waals surface area contributed by atoms with E-state index in [1.54, 1.807) is 0 Å². The van der Waals surface area contributed by atoms with Gasteiger partial charge in [0.05, 0.1) is 29.5 Å². The Labute approximate surface area is 153 Å². The molecule has 1 aromatic heterocycles. The number of aromatic nitrogens is 2. The molecule has 2 atom stereocenters. The van der Waals surface area contributed by atoms with Crippen LogP contribution in [0.1, 0.15) is 48.1 Å². The molecule has 4 nitrogen and oxygen atoms in total. The van der Waals surface area contributed by atoms with Gasteiger partial charge in [-0.1, -0.05) is 6.07 Å². The van der Waals surface area contributed by atoms with Crippen LogP contribution in [0.4, 0.5) is 0 Å². The fourth-order valence-corrected chi connectivity index (χ4v) is 4.38. The molecule has 0 saturated heterocycles. The first-order valence-electron chi connectivity index (χ1n) is 9.61. The molecule has 0 spiro atoms. The Hall–Kier alpha value is -2.33. The van der Waals surface area contributed by atoms with Crippen molar-refractivity contribution in [3.63, 3.8) is 0 Å². The molecule has 3 aromatic rings. The van der Waals surface area contributed by atoms with Crippen LogP contribution in [0, 0.1) is 0 Å². The Morgan fingerprint density at radius 1 is 1.12 bits per heavy atom. The van der Waals surface area contributed by atoms with Crippen LogP contribution in [0.15, 0.2) is 36.7 Å². The maximum absolute atomic E-state index is 9.88. The highest BCUT2D eigenvalue weighted by Gasteiger charge is 2.20. The van der Waals surface area contributed by atoms with Crippen molar-refractivity contribution in [3.05, 3.63) is 58.9 Å². The summed E-state index contributed by atoms with van der Waals surface area (Å²) in [5, 5.41) is 9.88. The first-order chi connectivity index (χ1) is 12.7. The maximum atomic E-state index is 9.88. The lowest BCUT2D eigenvalue weighted by Crippen LogP contribution is -2.25. The Morgan fingerprint density at radius 2 is 1.92 bits per heavy atom. The number of nitrogens with zero attached hydrogens (tertiary/aromatic N) is 2.